The standard InChI is InChI=1S/C11H12N2O4/c14-10(15)5-9-7-17-11(16)13(9)6-8-1-3-12-4-2-8/h1-4,9H,5-7H2,(H,14,15). The summed E-state index contributed by atoms with van der Waals surface area (Å²) >= 11 is 0. The van der Waals surface area contributed by atoms with E-state index in [-0.39, 0.29) is 13.0 Å². The number of aliphatic carboxylic acids is 1. The van der Waals surface area contributed by atoms with Crippen LogP contribution in [0, 0.1) is 0 Å². The van der Waals surface area contributed by atoms with Gasteiger partial charge in [0.05, 0.1) is 12.5 Å². The van der Waals surface area contributed by atoms with Gasteiger partial charge in [-0.05, 0) is 17.7 Å². The second-order valence-electron chi connectivity index (χ2n) is 3.81. The first-order chi connectivity index (χ1) is 8.16. The van der Waals surface area contributed by atoms with Crippen molar-refractivity contribution in [2.24, 2.45) is 0 Å². The normalized spacial score (nSPS) is 19.2. The first-order valence-electron chi connectivity index (χ1n) is 5.21. The lowest BCUT2D eigenvalue weighted by atomic mass is 10.2. The topological polar surface area (TPSA) is 79.7 Å². The van der Waals surface area contributed by atoms with Crippen LogP contribution in [0.3, 0.4) is 0 Å². The van der Waals surface area contributed by atoms with E-state index in [9.17, 15) is 9.59 Å². The lowest BCUT2D eigenvalue weighted by molar-refractivity contribution is -0.138. The average molecular weight is 236 g/mol. The molecular formula is C11H12N2O4. The van der Waals surface area contributed by atoms with Crippen molar-refractivity contribution in [2.75, 3.05) is 6.61 Å². The molecule has 1 aliphatic heterocycles. The van der Waals surface area contributed by atoms with Crippen molar-refractivity contribution in [3.05, 3.63) is 30.1 Å². The molecular weight excluding hydrogens is 224 g/mol. The van der Waals surface area contributed by atoms with Gasteiger partial charge in [-0.3, -0.25) is 14.7 Å². The molecule has 0 bridgehead atoms. The Hall–Kier alpha value is -2.11. The van der Waals surface area contributed by atoms with Gasteiger partial charge in [0.25, 0.3) is 0 Å². The lowest BCUT2D eigenvalue weighted by Gasteiger charge is -2.19. The zero-order valence-electron chi connectivity index (χ0n) is 9.07. The molecule has 90 valence electrons. The van der Waals surface area contributed by atoms with Crippen LogP contribution in [0.4, 0.5) is 4.79 Å². The Labute approximate surface area is 97.8 Å². The summed E-state index contributed by atoms with van der Waals surface area (Å²) in [6, 6.07) is 3.17. The van der Waals surface area contributed by atoms with Crippen molar-refractivity contribution in [2.45, 2.75) is 19.0 Å². The summed E-state index contributed by atoms with van der Waals surface area (Å²) in [5, 5.41) is 8.74. The van der Waals surface area contributed by atoms with E-state index in [0.29, 0.717) is 6.54 Å². The first-order valence-corrected chi connectivity index (χ1v) is 5.21. The number of ether oxygens (including phenoxy) is 1. The summed E-state index contributed by atoms with van der Waals surface area (Å²) in [7, 11) is 0. The summed E-state index contributed by atoms with van der Waals surface area (Å²) in [6.07, 6.45) is 2.69. The Bertz CT molecular complexity index is 421. The van der Waals surface area contributed by atoms with E-state index in [4.69, 9.17) is 9.84 Å². The molecule has 2 heterocycles. The van der Waals surface area contributed by atoms with Crippen LogP contribution in [0.15, 0.2) is 24.5 Å². The molecule has 0 aliphatic carbocycles. The molecule has 1 N–H and O–H groups in total. The van der Waals surface area contributed by atoms with Crippen LogP contribution in [-0.4, -0.2) is 39.7 Å². The SMILES string of the molecule is O=C(O)CC1COC(=O)N1Cc1ccncc1. The molecule has 1 aromatic rings. The first kappa shape index (κ1) is 11.4. The zero-order chi connectivity index (χ0) is 12.3. The third-order valence-electron chi connectivity index (χ3n) is 2.59. The van der Waals surface area contributed by atoms with Gasteiger partial charge in [-0.2, -0.15) is 0 Å². The third kappa shape index (κ3) is 2.72. The number of pyridine rings is 1. The summed E-state index contributed by atoms with van der Waals surface area (Å²) in [4.78, 5) is 27.4. The van der Waals surface area contributed by atoms with Crippen molar-refractivity contribution in [3.63, 3.8) is 0 Å². The lowest BCUT2D eigenvalue weighted by Crippen LogP contribution is -2.34. The number of cyclic esters (lactones) is 1. The number of carboxylic acids is 1. The molecule has 1 saturated heterocycles. The third-order valence-corrected chi connectivity index (χ3v) is 2.59. The molecule has 17 heavy (non-hydrogen) atoms. The molecule has 6 nitrogen and oxygen atoms in total. The molecule has 1 atom stereocenters. The highest BCUT2D eigenvalue weighted by molar-refractivity contribution is 5.73. The Morgan fingerprint density at radius 2 is 2.24 bits per heavy atom. The molecule has 6 heteroatoms. The van der Waals surface area contributed by atoms with E-state index in [2.05, 4.69) is 4.98 Å². The Balaban J connectivity index is 2.06. The van der Waals surface area contributed by atoms with E-state index in [1.54, 1.807) is 24.5 Å². The van der Waals surface area contributed by atoms with E-state index >= 15 is 0 Å². The number of rotatable bonds is 4. The van der Waals surface area contributed by atoms with E-state index in [1.807, 2.05) is 0 Å². The molecule has 0 radical (unpaired) electrons. The smallest absolute Gasteiger partial charge is 0.410 e. The monoisotopic (exact) mass is 236 g/mol. The van der Waals surface area contributed by atoms with Crippen LogP contribution < -0.4 is 0 Å². The van der Waals surface area contributed by atoms with Gasteiger partial charge in [0.15, 0.2) is 0 Å². The van der Waals surface area contributed by atoms with Crippen molar-refractivity contribution < 1.29 is 19.4 Å². The number of carbonyl (C=O) groups is 2. The molecule has 1 fully saturated rings. The molecule has 1 aliphatic rings. The van der Waals surface area contributed by atoms with Gasteiger partial charge in [0, 0.05) is 18.9 Å². The van der Waals surface area contributed by atoms with Crippen LogP contribution in [0.25, 0.3) is 0 Å². The number of carboxylic acid groups (broad SMARTS) is 1. The van der Waals surface area contributed by atoms with Gasteiger partial charge in [0.1, 0.15) is 6.61 Å². The van der Waals surface area contributed by atoms with Crippen molar-refractivity contribution in [1.29, 1.82) is 0 Å². The summed E-state index contributed by atoms with van der Waals surface area (Å²) in [5.41, 5.74) is 0.897. The molecule has 1 aromatic heterocycles. The van der Waals surface area contributed by atoms with Crippen LogP contribution in [0.5, 0.6) is 0 Å². The number of hydrogen-bond acceptors (Lipinski definition) is 4. The highest BCUT2D eigenvalue weighted by Gasteiger charge is 2.34. The minimum atomic E-state index is -0.937. The van der Waals surface area contributed by atoms with Crippen LogP contribution in [-0.2, 0) is 16.1 Å². The molecule has 0 spiro atoms. The molecule has 1 unspecified atom stereocenters. The average Bonchev–Trinajstić information content (AvgIpc) is 2.62. The highest BCUT2D eigenvalue weighted by atomic mass is 16.6. The fourth-order valence-corrected chi connectivity index (χ4v) is 1.74. The quantitative estimate of drug-likeness (QED) is 0.839. The van der Waals surface area contributed by atoms with Crippen LogP contribution in [0.2, 0.25) is 0 Å². The van der Waals surface area contributed by atoms with Crippen molar-refractivity contribution >= 4 is 12.1 Å². The number of aromatic nitrogens is 1. The van der Waals surface area contributed by atoms with E-state index < -0.39 is 18.1 Å². The second kappa shape index (κ2) is 4.82. The Morgan fingerprint density at radius 1 is 1.53 bits per heavy atom. The number of carbonyl (C=O) groups excluding carboxylic acids is 1. The maximum absolute atomic E-state index is 11.5. The Morgan fingerprint density at radius 3 is 2.88 bits per heavy atom. The molecule has 1 amide bonds. The van der Waals surface area contributed by atoms with Gasteiger partial charge in [-0.1, -0.05) is 0 Å². The summed E-state index contributed by atoms with van der Waals surface area (Å²) < 4.78 is 4.86. The highest BCUT2D eigenvalue weighted by Crippen LogP contribution is 2.18. The van der Waals surface area contributed by atoms with Crippen molar-refractivity contribution in [1.82, 2.24) is 9.88 Å². The van der Waals surface area contributed by atoms with Crippen molar-refractivity contribution in [3.8, 4) is 0 Å². The van der Waals surface area contributed by atoms with Crippen LogP contribution >= 0.6 is 0 Å². The predicted molar refractivity (Wildman–Crippen MR) is 57.2 cm³/mol. The number of hydrogen-bond donors (Lipinski definition) is 1. The predicted octanol–water partition coefficient (Wildman–Crippen LogP) is 0.877. The maximum atomic E-state index is 11.5. The minimum Gasteiger partial charge on any atom is -0.481 e. The molecule has 0 aromatic carbocycles. The van der Waals surface area contributed by atoms with Gasteiger partial charge in [-0.25, -0.2) is 4.79 Å². The molecule has 0 saturated carbocycles. The summed E-state index contributed by atoms with van der Waals surface area (Å²) in [6.45, 7) is 0.482. The fourth-order valence-electron chi connectivity index (χ4n) is 1.74. The zero-order valence-corrected chi connectivity index (χ0v) is 9.07. The van der Waals surface area contributed by atoms with Gasteiger partial charge in [-0.15, -0.1) is 0 Å². The number of nitrogens with zero attached hydrogens (tertiary/aromatic N) is 2. The van der Waals surface area contributed by atoms with Crippen LogP contribution in [0.1, 0.15) is 12.0 Å². The Kier molecular flexibility index (Phi) is 3.22. The summed E-state index contributed by atoms with van der Waals surface area (Å²) in [5.74, 6) is -0.937. The molecule has 2 rings (SSSR count). The fraction of sp³-hybridized carbons (Fsp3) is 0.364. The maximum Gasteiger partial charge on any atom is 0.410 e. The van der Waals surface area contributed by atoms with Gasteiger partial charge < -0.3 is 9.84 Å². The second-order valence-corrected chi connectivity index (χ2v) is 3.81. The minimum absolute atomic E-state index is 0.100. The van der Waals surface area contributed by atoms with E-state index in [1.165, 1.54) is 4.90 Å². The van der Waals surface area contributed by atoms with Gasteiger partial charge in [0.2, 0.25) is 0 Å². The van der Waals surface area contributed by atoms with Gasteiger partial charge >= 0.3 is 12.1 Å². The number of amides is 1. The largest absolute Gasteiger partial charge is 0.481 e. The van der Waals surface area contributed by atoms with E-state index in [0.717, 1.165) is 5.56 Å².